The molecule has 1 heterocycles. The van der Waals surface area contributed by atoms with E-state index in [9.17, 15) is 13.2 Å². The van der Waals surface area contributed by atoms with Gasteiger partial charge in [-0.2, -0.15) is 0 Å². The molecule has 0 spiro atoms. The minimum absolute atomic E-state index is 0.0722. The van der Waals surface area contributed by atoms with E-state index >= 15 is 0 Å². The molecule has 1 saturated carbocycles. The van der Waals surface area contributed by atoms with Crippen molar-refractivity contribution >= 4 is 55.1 Å². The smallest absolute Gasteiger partial charge is 0.265 e. The first-order chi connectivity index (χ1) is 16.2. The average molecular weight is 590 g/mol. The van der Waals surface area contributed by atoms with Gasteiger partial charge < -0.3 is 9.64 Å². The van der Waals surface area contributed by atoms with E-state index in [1.54, 1.807) is 30.3 Å². The van der Waals surface area contributed by atoms with Crippen molar-refractivity contribution in [3.63, 3.8) is 0 Å². The van der Waals surface area contributed by atoms with Gasteiger partial charge >= 0.3 is 0 Å². The van der Waals surface area contributed by atoms with Crippen LogP contribution in [0.4, 0.5) is 0 Å². The highest BCUT2D eigenvalue weighted by atomic mass is 79.9. The highest BCUT2D eigenvalue weighted by Crippen LogP contribution is 2.32. The SMILES string of the molecule is O=C(NS(=O)(=O)c1ccccc1Br)[C@H]1CC[C@H](N2CCC(Oc3ccc(Cl)c(Cl)c3)CC2)CC1. The number of rotatable bonds is 6. The normalized spacial score (nSPS) is 22.3. The van der Waals surface area contributed by atoms with Gasteiger partial charge in [0.25, 0.3) is 10.0 Å². The summed E-state index contributed by atoms with van der Waals surface area (Å²) in [7, 11) is -3.90. The van der Waals surface area contributed by atoms with Crippen LogP contribution in [0.25, 0.3) is 0 Å². The molecule has 2 fully saturated rings. The van der Waals surface area contributed by atoms with E-state index in [4.69, 9.17) is 27.9 Å². The number of benzene rings is 2. The summed E-state index contributed by atoms with van der Waals surface area (Å²) in [6.45, 7) is 1.87. The summed E-state index contributed by atoms with van der Waals surface area (Å²) in [6.07, 6.45) is 5.11. The number of carbonyl (C=O) groups excluding carboxylic acids is 1. The van der Waals surface area contributed by atoms with Gasteiger partial charge in [-0.3, -0.25) is 4.79 Å². The van der Waals surface area contributed by atoms with Crippen LogP contribution in [0.15, 0.2) is 51.8 Å². The third kappa shape index (κ3) is 6.26. The number of carbonyl (C=O) groups is 1. The number of hydrogen-bond donors (Lipinski definition) is 1. The highest BCUT2D eigenvalue weighted by Gasteiger charge is 2.33. The van der Waals surface area contributed by atoms with Gasteiger partial charge in [0, 0.05) is 35.6 Å². The van der Waals surface area contributed by atoms with E-state index in [-0.39, 0.29) is 16.9 Å². The maximum Gasteiger partial charge on any atom is 0.265 e. The zero-order valence-electron chi connectivity index (χ0n) is 18.6. The number of amides is 1. The number of sulfonamides is 1. The molecule has 0 bridgehead atoms. The zero-order chi connectivity index (χ0) is 24.3. The zero-order valence-corrected chi connectivity index (χ0v) is 22.5. The molecule has 34 heavy (non-hydrogen) atoms. The van der Waals surface area contributed by atoms with Gasteiger partial charge in [-0.1, -0.05) is 35.3 Å². The van der Waals surface area contributed by atoms with Crippen molar-refractivity contribution in [3.05, 3.63) is 57.0 Å². The predicted octanol–water partition coefficient (Wildman–Crippen LogP) is 5.66. The fraction of sp³-hybridized carbons (Fsp3) is 0.458. The van der Waals surface area contributed by atoms with Crippen molar-refractivity contribution in [2.24, 2.45) is 5.92 Å². The van der Waals surface area contributed by atoms with Crippen molar-refractivity contribution in [1.82, 2.24) is 9.62 Å². The molecule has 2 aromatic carbocycles. The Hall–Kier alpha value is -1.32. The summed E-state index contributed by atoms with van der Waals surface area (Å²) in [5, 5.41) is 1.00. The summed E-state index contributed by atoms with van der Waals surface area (Å²) >= 11 is 15.3. The lowest BCUT2D eigenvalue weighted by molar-refractivity contribution is -0.124. The molecule has 2 aliphatic rings. The van der Waals surface area contributed by atoms with Crippen LogP contribution >= 0.6 is 39.1 Å². The minimum atomic E-state index is -3.90. The Kier molecular flexibility index (Phi) is 8.46. The Morgan fingerprint density at radius 1 is 0.971 bits per heavy atom. The van der Waals surface area contributed by atoms with Gasteiger partial charge in [-0.05, 0) is 78.7 Å². The Morgan fingerprint density at radius 3 is 2.29 bits per heavy atom. The van der Waals surface area contributed by atoms with Crippen LogP contribution in [-0.2, 0) is 14.8 Å². The van der Waals surface area contributed by atoms with Crippen molar-refractivity contribution in [1.29, 1.82) is 0 Å². The van der Waals surface area contributed by atoms with E-state index in [0.717, 1.165) is 44.5 Å². The second-order valence-corrected chi connectivity index (χ2v) is 12.2. The number of nitrogens with zero attached hydrogens (tertiary/aromatic N) is 1. The molecule has 1 saturated heterocycles. The Balaban J connectivity index is 1.24. The first kappa shape index (κ1) is 25.8. The second kappa shape index (κ2) is 11.2. The molecule has 0 unspecified atom stereocenters. The second-order valence-electron chi connectivity index (χ2n) is 8.83. The third-order valence-corrected chi connectivity index (χ3v) is 9.71. The lowest BCUT2D eigenvalue weighted by atomic mass is 9.84. The average Bonchev–Trinajstić information content (AvgIpc) is 2.82. The van der Waals surface area contributed by atoms with Gasteiger partial charge in [-0.25, -0.2) is 13.1 Å². The van der Waals surface area contributed by atoms with Gasteiger partial charge in [0.15, 0.2) is 0 Å². The fourth-order valence-electron chi connectivity index (χ4n) is 4.74. The minimum Gasteiger partial charge on any atom is -0.490 e. The van der Waals surface area contributed by atoms with Crippen molar-refractivity contribution < 1.29 is 17.9 Å². The summed E-state index contributed by atoms with van der Waals surface area (Å²) in [6, 6.07) is 12.2. The van der Waals surface area contributed by atoms with Crippen LogP contribution in [0, 0.1) is 5.92 Å². The molecule has 1 aliphatic heterocycles. The lowest BCUT2D eigenvalue weighted by Gasteiger charge is -2.40. The van der Waals surface area contributed by atoms with Gasteiger partial charge in [0.1, 0.15) is 16.7 Å². The molecule has 4 rings (SSSR count). The predicted molar refractivity (Wildman–Crippen MR) is 137 cm³/mol. The molecule has 1 amide bonds. The van der Waals surface area contributed by atoms with Crippen LogP contribution in [-0.4, -0.2) is 44.5 Å². The first-order valence-electron chi connectivity index (χ1n) is 11.4. The van der Waals surface area contributed by atoms with E-state index in [0.29, 0.717) is 33.4 Å². The number of halogens is 3. The van der Waals surface area contributed by atoms with E-state index in [1.165, 1.54) is 6.07 Å². The number of hydrogen-bond acceptors (Lipinski definition) is 5. The monoisotopic (exact) mass is 588 g/mol. The molecule has 184 valence electrons. The van der Waals surface area contributed by atoms with Gasteiger partial charge in [-0.15, -0.1) is 0 Å². The lowest BCUT2D eigenvalue weighted by Crippen LogP contribution is -2.46. The van der Waals surface area contributed by atoms with Crippen LogP contribution < -0.4 is 9.46 Å². The molecule has 1 N–H and O–H groups in total. The Bertz CT molecular complexity index is 1130. The molecular formula is C24H27BrCl2N2O4S. The Labute approximate surface area is 219 Å². The maximum atomic E-state index is 12.7. The van der Waals surface area contributed by atoms with E-state index in [2.05, 4.69) is 25.6 Å². The molecule has 1 aliphatic carbocycles. The molecule has 10 heteroatoms. The molecule has 0 aromatic heterocycles. The topological polar surface area (TPSA) is 75.7 Å². The van der Waals surface area contributed by atoms with Crippen molar-refractivity contribution in [2.45, 2.75) is 55.6 Å². The van der Waals surface area contributed by atoms with Crippen molar-refractivity contribution in [3.8, 4) is 5.75 Å². The third-order valence-electron chi connectivity index (χ3n) is 6.62. The summed E-state index contributed by atoms with van der Waals surface area (Å²) < 4.78 is 34.0. The van der Waals surface area contributed by atoms with Crippen LogP contribution in [0.2, 0.25) is 10.0 Å². The molecule has 0 atom stereocenters. The van der Waals surface area contributed by atoms with Crippen LogP contribution in [0.3, 0.4) is 0 Å². The number of likely N-dealkylation sites (tertiary alicyclic amines) is 1. The fourth-order valence-corrected chi connectivity index (χ4v) is 7.07. The quantitative estimate of drug-likeness (QED) is 0.470. The molecule has 2 aromatic rings. The molecular weight excluding hydrogens is 563 g/mol. The van der Waals surface area contributed by atoms with E-state index in [1.807, 2.05) is 6.07 Å². The number of nitrogens with one attached hydrogen (secondary N) is 1. The summed E-state index contributed by atoms with van der Waals surface area (Å²) in [5.74, 6) is 0.0313. The summed E-state index contributed by atoms with van der Waals surface area (Å²) in [5.41, 5.74) is 0. The Morgan fingerprint density at radius 2 is 1.65 bits per heavy atom. The molecule has 6 nitrogen and oxygen atoms in total. The van der Waals surface area contributed by atoms with Gasteiger partial charge in [0.05, 0.1) is 10.0 Å². The maximum absolute atomic E-state index is 12.7. The van der Waals surface area contributed by atoms with Crippen molar-refractivity contribution in [2.75, 3.05) is 13.1 Å². The van der Waals surface area contributed by atoms with Gasteiger partial charge in [0.2, 0.25) is 5.91 Å². The first-order valence-corrected chi connectivity index (χ1v) is 14.4. The largest absolute Gasteiger partial charge is 0.490 e. The van der Waals surface area contributed by atoms with E-state index < -0.39 is 15.9 Å². The summed E-state index contributed by atoms with van der Waals surface area (Å²) in [4.78, 5) is 15.2. The van der Waals surface area contributed by atoms with Crippen LogP contribution in [0.1, 0.15) is 38.5 Å². The highest BCUT2D eigenvalue weighted by molar-refractivity contribution is 9.10. The molecule has 0 radical (unpaired) electrons. The number of ether oxygens (including phenoxy) is 1. The standard InChI is InChI=1S/C24H27BrCl2N2O4S/c25-20-3-1-2-4-23(20)34(31,32)28-24(30)16-5-7-17(8-6-16)29-13-11-18(12-14-29)33-19-9-10-21(26)22(27)15-19/h1-4,9-10,15-18H,5-8,11-14H2,(H,28,30)/t16-,17-. The van der Waals surface area contributed by atoms with Crippen LogP contribution in [0.5, 0.6) is 5.75 Å². The number of piperidine rings is 1.